The maximum absolute atomic E-state index is 12.8. The lowest BCUT2D eigenvalue weighted by Crippen LogP contribution is -2.47. The van der Waals surface area contributed by atoms with Crippen LogP contribution in [0.25, 0.3) is 16.6 Å². The molecule has 3 aromatic heterocycles. The molecule has 0 aliphatic carbocycles. The number of pyridine rings is 1. The van der Waals surface area contributed by atoms with Gasteiger partial charge >= 0.3 is 6.09 Å². The molecule has 1 fully saturated rings. The minimum atomic E-state index is -0.364. The SMILES string of the molecule is C=C1CN(c2cnn3cc(-c4cnn(C)c4)ccc23)CCN1C(=O)O[C@H](C)c1ccccc1. The number of amides is 1. The van der Waals surface area contributed by atoms with Crippen LogP contribution in [0.3, 0.4) is 0 Å². The number of nitrogens with zero attached hydrogens (tertiary/aromatic N) is 6. The van der Waals surface area contributed by atoms with Crippen molar-refractivity contribution in [1.82, 2.24) is 24.3 Å². The quantitative estimate of drug-likeness (QED) is 0.472. The van der Waals surface area contributed by atoms with Crippen LogP contribution in [0.5, 0.6) is 0 Å². The largest absolute Gasteiger partial charge is 0.441 e. The van der Waals surface area contributed by atoms with Gasteiger partial charge in [0.25, 0.3) is 0 Å². The molecule has 1 aromatic carbocycles. The summed E-state index contributed by atoms with van der Waals surface area (Å²) in [5, 5.41) is 8.79. The maximum atomic E-state index is 12.8. The molecule has 0 bridgehead atoms. The van der Waals surface area contributed by atoms with Crippen molar-refractivity contribution in [2.75, 3.05) is 24.5 Å². The van der Waals surface area contributed by atoms with Gasteiger partial charge in [0, 0.05) is 49.4 Å². The van der Waals surface area contributed by atoms with Crippen LogP contribution in [0.2, 0.25) is 0 Å². The molecule has 0 N–H and O–H groups in total. The number of benzene rings is 1. The van der Waals surface area contributed by atoms with E-state index in [1.165, 1.54) is 0 Å². The Morgan fingerprint density at radius 3 is 2.58 bits per heavy atom. The van der Waals surface area contributed by atoms with Crippen LogP contribution in [0.15, 0.2) is 79.5 Å². The monoisotopic (exact) mass is 442 g/mol. The van der Waals surface area contributed by atoms with Crippen molar-refractivity contribution < 1.29 is 9.53 Å². The predicted molar refractivity (Wildman–Crippen MR) is 127 cm³/mol. The van der Waals surface area contributed by atoms with E-state index in [-0.39, 0.29) is 12.2 Å². The molecule has 1 amide bonds. The zero-order valence-corrected chi connectivity index (χ0v) is 18.8. The van der Waals surface area contributed by atoms with Gasteiger partial charge in [0.15, 0.2) is 0 Å². The molecule has 4 heterocycles. The lowest BCUT2D eigenvalue weighted by atomic mass is 10.1. The summed E-state index contributed by atoms with van der Waals surface area (Å²) in [6.07, 6.45) is 7.00. The second kappa shape index (κ2) is 8.46. The van der Waals surface area contributed by atoms with Crippen LogP contribution >= 0.6 is 0 Å². The summed E-state index contributed by atoms with van der Waals surface area (Å²) >= 11 is 0. The summed E-state index contributed by atoms with van der Waals surface area (Å²) < 4.78 is 9.34. The Balaban J connectivity index is 1.28. The van der Waals surface area contributed by atoms with Crippen LogP contribution in [-0.2, 0) is 11.8 Å². The molecule has 0 saturated carbocycles. The highest BCUT2D eigenvalue weighted by Crippen LogP contribution is 2.28. The van der Waals surface area contributed by atoms with Crippen molar-refractivity contribution in [3.8, 4) is 11.1 Å². The first-order valence-electron chi connectivity index (χ1n) is 10.9. The Morgan fingerprint density at radius 2 is 1.85 bits per heavy atom. The molecule has 33 heavy (non-hydrogen) atoms. The lowest BCUT2D eigenvalue weighted by Gasteiger charge is -2.37. The number of carbonyl (C=O) groups excluding carboxylic acids is 1. The first-order chi connectivity index (χ1) is 16.0. The topological polar surface area (TPSA) is 67.9 Å². The summed E-state index contributed by atoms with van der Waals surface area (Å²) in [6.45, 7) is 7.72. The second-order valence-electron chi connectivity index (χ2n) is 8.26. The van der Waals surface area contributed by atoms with Gasteiger partial charge in [-0.3, -0.25) is 9.58 Å². The zero-order valence-electron chi connectivity index (χ0n) is 18.8. The Morgan fingerprint density at radius 1 is 1.03 bits per heavy atom. The third-order valence-electron chi connectivity index (χ3n) is 5.99. The van der Waals surface area contributed by atoms with Gasteiger partial charge in [-0.05, 0) is 18.6 Å². The number of piperazine rings is 1. The molecule has 0 unspecified atom stereocenters. The molecule has 0 radical (unpaired) electrons. The molecule has 1 saturated heterocycles. The minimum Gasteiger partial charge on any atom is -0.441 e. The van der Waals surface area contributed by atoms with Crippen LogP contribution < -0.4 is 4.90 Å². The fourth-order valence-corrected chi connectivity index (χ4v) is 4.15. The normalized spacial score (nSPS) is 15.2. The minimum absolute atomic E-state index is 0.321. The summed E-state index contributed by atoms with van der Waals surface area (Å²) in [7, 11) is 1.90. The van der Waals surface area contributed by atoms with E-state index in [0.29, 0.717) is 25.3 Å². The number of rotatable bonds is 4. The van der Waals surface area contributed by atoms with Gasteiger partial charge < -0.3 is 9.64 Å². The van der Waals surface area contributed by atoms with E-state index < -0.39 is 0 Å². The highest BCUT2D eigenvalue weighted by molar-refractivity contribution is 5.77. The lowest BCUT2D eigenvalue weighted by molar-refractivity contribution is 0.0770. The van der Waals surface area contributed by atoms with Crippen LogP contribution in [0.4, 0.5) is 10.5 Å². The first-order valence-corrected chi connectivity index (χ1v) is 10.9. The molecule has 168 valence electrons. The van der Waals surface area contributed by atoms with Crippen LogP contribution in [-0.4, -0.2) is 50.0 Å². The van der Waals surface area contributed by atoms with Crippen molar-refractivity contribution >= 4 is 17.3 Å². The van der Waals surface area contributed by atoms with Crippen molar-refractivity contribution in [2.45, 2.75) is 13.0 Å². The maximum Gasteiger partial charge on any atom is 0.414 e. The van der Waals surface area contributed by atoms with E-state index in [2.05, 4.69) is 33.8 Å². The van der Waals surface area contributed by atoms with Gasteiger partial charge in [-0.25, -0.2) is 9.31 Å². The predicted octanol–water partition coefficient (Wildman–Crippen LogP) is 4.27. The summed E-state index contributed by atoms with van der Waals surface area (Å²) in [4.78, 5) is 16.6. The van der Waals surface area contributed by atoms with Gasteiger partial charge in [-0.15, -0.1) is 0 Å². The van der Waals surface area contributed by atoms with Crippen LogP contribution in [0, 0.1) is 0 Å². The first kappa shape index (κ1) is 20.8. The fourth-order valence-electron chi connectivity index (χ4n) is 4.15. The number of aromatic nitrogens is 4. The van der Waals surface area contributed by atoms with E-state index in [1.54, 1.807) is 9.58 Å². The van der Waals surface area contributed by atoms with E-state index >= 15 is 0 Å². The van der Waals surface area contributed by atoms with Crippen molar-refractivity contribution in [3.63, 3.8) is 0 Å². The standard InChI is InChI=1S/C25H26N6O2/c1-18-15-29(11-12-30(18)25(32)33-19(2)20-7-5-4-6-8-20)24-14-27-31-17-21(9-10-23(24)31)22-13-26-28(3)16-22/h4-10,13-14,16-17,19H,1,11-12,15H2,2-3H3/t19-/m1/s1. The van der Waals surface area contributed by atoms with Crippen molar-refractivity contribution in [2.24, 2.45) is 7.05 Å². The van der Waals surface area contributed by atoms with Crippen molar-refractivity contribution in [3.05, 3.63) is 85.1 Å². The molecule has 1 aliphatic heterocycles. The van der Waals surface area contributed by atoms with Crippen molar-refractivity contribution in [1.29, 1.82) is 0 Å². The molecule has 8 heteroatoms. The third-order valence-corrected chi connectivity index (χ3v) is 5.99. The van der Waals surface area contributed by atoms with Gasteiger partial charge in [0.05, 0.1) is 30.1 Å². The molecule has 4 aromatic rings. The van der Waals surface area contributed by atoms with E-state index in [9.17, 15) is 4.79 Å². The Bertz CT molecular complexity index is 1310. The number of hydrogen-bond donors (Lipinski definition) is 0. The highest BCUT2D eigenvalue weighted by atomic mass is 16.6. The third kappa shape index (κ3) is 4.07. The number of ether oxygens (including phenoxy) is 1. The van der Waals surface area contributed by atoms with E-state index in [0.717, 1.165) is 27.9 Å². The van der Waals surface area contributed by atoms with E-state index in [4.69, 9.17) is 4.74 Å². The number of carbonyl (C=O) groups is 1. The Kier molecular flexibility index (Phi) is 5.34. The van der Waals surface area contributed by atoms with Crippen LogP contribution in [0.1, 0.15) is 18.6 Å². The smallest absolute Gasteiger partial charge is 0.414 e. The Labute approximate surface area is 192 Å². The van der Waals surface area contributed by atoms with Gasteiger partial charge in [-0.2, -0.15) is 10.2 Å². The van der Waals surface area contributed by atoms with Gasteiger partial charge in [-0.1, -0.05) is 43.0 Å². The summed E-state index contributed by atoms with van der Waals surface area (Å²) in [5.41, 5.74) is 5.78. The summed E-state index contributed by atoms with van der Waals surface area (Å²) in [5.74, 6) is 0. The highest BCUT2D eigenvalue weighted by Gasteiger charge is 2.28. The molecule has 8 nitrogen and oxygen atoms in total. The average Bonchev–Trinajstić information content (AvgIpc) is 3.45. The number of anilines is 1. The Hall–Kier alpha value is -4.07. The number of aryl methyl sites for hydroxylation is 1. The van der Waals surface area contributed by atoms with Gasteiger partial charge in [0.1, 0.15) is 6.10 Å². The number of hydrogen-bond acceptors (Lipinski definition) is 5. The fraction of sp³-hybridized carbons (Fsp3) is 0.240. The molecular formula is C25H26N6O2. The van der Waals surface area contributed by atoms with E-state index in [1.807, 2.05) is 73.6 Å². The second-order valence-corrected chi connectivity index (χ2v) is 8.26. The molecule has 5 rings (SSSR count). The molecule has 0 spiro atoms. The zero-order chi connectivity index (χ0) is 22.9. The summed E-state index contributed by atoms with van der Waals surface area (Å²) in [6, 6.07) is 13.9. The molecule has 1 aliphatic rings. The molecule has 1 atom stereocenters. The average molecular weight is 443 g/mol. The number of fused-ring (bicyclic) bond motifs is 1. The molecular weight excluding hydrogens is 416 g/mol. The van der Waals surface area contributed by atoms with Gasteiger partial charge in [0.2, 0.25) is 0 Å².